The molecule has 2 aromatic rings. The van der Waals surface area contributed by atoms with Gasteiger partial charge >= 0.3 is 0 Å². The predicted molar refractivity (Wildman–Crippen MR) is 125 cm³/mol. The third-order valence-corrected chi connectivity index (χ3v) is 7.32. The number of aryl methyl sites for hydroxylation is 1. The molecule has 0 unspecified atom stereocenters. The van der Waals surface area contributed by atoms with Crippen molar-refractivity contribution in [3.8, 4) is 0 Å². The molecule has 0 saturated carbocycles. The maximum Gasteiger partial charge on any atom is 0.286 e. The van der Waals surface area contributed by atoms with E-state index in [9.17, 15) is 9.59 Å². The Morgan fingerprint density at radius 3 is 2.03 bits per heavy atom. The van der Waals surface area contributed by atoms with Gasteiger partial charge in [0.15, 0.2) is 0 Å². The summed E-state index contributed by atoms with van der Waals surface area (Å²) in [5.74, 6) is 0. The average Bonchev–Trinajstić information content (AvgIpc) is 2.67. The minimum Gasteiger partial charge on any atom is -0.334 e. The van der Waals surface area contributed by atoms with Gasteiger partial charge in [-0.3, -0.25) is 9.59 Å². The van der Waals surface area contributed by atoms with Crippen LogP contribution in [0.15, 0.2) is 46.2 Å². The summed E-state index contributed by atoms with van der Waals surface area (Å²) < 4.78 is 0. The highest BCUT2D eigenvalue weighted by molar-refractivity contribution is 8.16. The van der Waals surface area contributed by atoms with Gasteiger partial charge < -0.3 is 4.90 Å². The fourth-order valence-electron chi connectivity index (χ4n) is 3.25. The summed E-state index contributed by atoms with van der Waals surface area (Å²) >= 11 is 2.47. The number of thioether (sulfide) groups is 2. The van der Waals surface area contributed by atoms with E-state index in [1.54, 1.807) is 0 Å². The Morgan fingerprint density at radius 2 is 1.52 bits per heavy atom. The number of hydrogen-bond acceptors (Lipinski definition) is 4. The quantitative estimate of drug-likeness (QED) is 0.476. The lowest BCUT2D eigenvalue weighted by Crippen LogP contribution is -2.27. The zero-order valence-corrected chi connectivity index (χ0v) is 20.1. The molecule has 0 heterocycles. The van der Waals surface area contributed by atoms with Crippen LogP contribution in [0.2, 0.25) is 0 Å². The molecule has 156 valence electrons. The van der Waals surface area contributed by atoms with Crippen molar-refractivity contribution in [2.75, 3.05) is 13.1 Å². The van der Waals surface area contributed by atoms with Crippen molar-refractivity contribution >= 4 is 33.9 Å². The lowest BCUT2D eigenvalue weighted by atomic mass is 9.83. The average molecular weight is 430 g/mol. The minimum atomic E-state index is -0.0496. The summed E-state index contributed by atoms with van der Waals surface area (Å²) in [6, 6.07) is 11.5. The SMILES string of the molecule is CCN(CC)C(=O)Sc1c(C)cc(C(C)(C)C)c(C)c1SC(=O)c1ccccc1. The Labute approximate surface area is 183 Å². The lowest BCUT2D eigenvalue weighted by molar-refractivity contribution is 0.108. The van der Waals surface area contributed by atoms with E-state index < -0.39 is 0 Å². The molecule has 0 aromatic heterocycles. The van der Waals surface area contributed by atoms with Crippen LogP contribution in [0, 0.1) is 13.8 Å². The molecule has 1 amide bonds. The molecular weight excluding hydrogens is 398 g/mol. The summed E-state index contributed by atoms with van der Waals surface area (Å²) in [5.41, 5.74) is 3.94. The molecule has 0 aliphatic heterocycles. The molecule has 0 N–H and O–H groups in total. The first-order valence-electron chi connectivity index (χ1n) is 9.98. The van der Waals surface area contributed by atoms with Crippen molar-refractivity contribution in [1.82, 2.24) is 4.90 Å². The predicted octanol–water partition coefficient (Wildman–Crippen LogP) is 7.09. The van der Waals surface area contributed by atoms with E-state index in [1.165, 1.54) is 29.1 Å². The molecular formula is C24H31NO2S2. The molecule has 0 aliphatic carbocycles. The van der Waals surface area contributed by atoms with Crippen LogP contribution < -0.4 is 0 Å². The number of carbonyl (C=O) groups is 2. The Kier molecular flexibility index (Phi) is 8.01. The van der Waals surface area contributed by atoms with Gasteiger partial charge in [-0.1, -0.05) is 57.2 Å². The maximum atomic E-state index is 13.0. The van der Waals surface area contributed by atoms with Gasteiger partial charge in [-0.2, -0.15) is 0 Å². The van der Waals surface area contributed by atoms with Gasteiger partial charge in [-0.25, -0.2) is 0 Å². The van der Waals surface area contributed by atoms with Crippen molar-refractivity contribution in [1.29, 1.82) is 0 Å². The standard InChI is InChI=1S/C24H31NO2S2/c1-8-25(9-2)23(27)29-20-16(3)15-19(24(5,6)7)17(4)21(20)28-22(26)18-13-11-10-12-14-18/h10-15H,8-9H2,1-7H3. The van der Waals surface area contributed by atoms with Gasteiger partial charge in [0.2, 0.25) is 5.12 Å². The Morgan fingerprint density at radius 1 is 0.931 bits per heavy atom. The Balaban J connectivity index is 2.55. The largest absolute Gasteiger partial charge is 0.334 e. The van der Waals surface area contributed by atoms with Crippen molar-refractivity contribution in [3.05, 3.63) is 58.7 Å². The van der Waals surface area contributed by atoms with E-state index in [1.807, 2.05) is 56.0 Å². The summed E-state index contributed by atoms with van der Waals surface area (Å²) in [7, 11) is 0. The van der Waals surface area contributed by atoms with Crippen LogP contribution in [-0.2, 0) is 5.41 Å². The fraction of sp³-hybridized carbons (Fsp3) is 0.417. The molecule has 2 aromatic carbocycles. The Hall–Kier alpha value is -1.72. The third-order valence-electron chi connectivity index (χ3n) is 4.89. The number of carbonyl (C=O) groups excluding carboxylic acids is 2. The molecule has 0 aliphatic rings. The molecule has 3 nitrogen and oxygen atoms in total. The smallest absolute Gasteiger partial charge is 0.286 e. The first-order valence-corrected chi connectivity index (χ1v) is 11.6. The molecule has 0 bridgehead atoms. The van der Waals surface area contributed by atoms with Crippen LogP contribution in [0.1, 0.15) is 61.7 Å². The van der Waals surface area contributed by atoms with E-state index in [-0.39, 0.29) is 15.8 Å². The van der Waals surface area contributed by atoms with E-state index in [2.05, 4.69) is 33.8 Å². The molecule has 29 heavy (non-hydrogen) atoms. The zero-order valence-electron chi connectivity index (χ0n) is 18.5. The first-order chi connectivity index (χ1) is 13.6. The summed E-state index contributed by atoms with van der Waals surface area (Å²) in [6.07, 6.45) is 0. The third kappa shape index (κ3) is 5.67. The topological polar surface area (TPSA) is 37.4 Å². The van der Waals surface area contributed by atoms with E-state index in [0.29, 0.717) is 18.7 Å². The van der Waals surface area contributed by atoms with Crippen LogP contribution >= 0.6 is 23.5 Å². The molecule has 5 heteroatoms. The fourth-order valence-corrected chi connectivity index (χ4v) is 5.48. The summed E-state index contributed by atoms with van der Waals surface area (Å²) in [6.45, 7) is 15.9. The van der Waals surface area contributed by atoms with Crippen molar-refractivity contribution < 1.29 is 9.59 Å². The number of benzene rings is 2. The van der Waals surface area contributed by atoms with Crippen molar-refractivity contribution in [3.63, 3.8) is 0 Å². The van der Waals surface area contributed by atoms with E-state index in [4.69, 9.17) is 0 Å². The van der Waals surface area contributed by atoms with Crippen LogP contribution in [-0.4, -0.2) is 28.3 Å². The molecule has 0 fully saturated rings. The van der Waals surface area contributed by atoms with Crippen molar-refractivity contribution in [2.45, 2.75) is 63.7 Å². The molecule has 0 atom stereocenters. The van der Waals surface area contributed by atoms with Crippen molar-refractivity contribution in [2.24, 2.45) is 0 Å². The monoisotopic (exact) mass is 429 g/mol. The second kappa shape index (κ2) is 9.86. The van der Waals surface area contributed by atoms with Crippen LogP contribution in [0.3, 0.4) is 0 Å². The highest BCUT2D eigenvalue weighted by Crippen LogP contribution is 2.42. The molecule has 0 saturated heterocycles. The second-order valence-corrected chi connectivity index (χ2v) is 10.0. The second-order valence-electron chi connectivity index (χ2n) is 8.07. The first kappa shape index (κ1) is 23.6. The number of nitrogens with zero attached hydrogens (tertiary/aromatic N) is 1. The molecule has 0 spiro atoms. The number of rotatable bonds is 5. The van der Waals surface area contributed by atoms with E-state index >= 15 is 0 Å². The lowest BCUT2D eigenvalue weighted by Gasteiger charge is -2.27. The van der Waals surface area contributed by atoms with Gasteiger partial charge in [0, 0.05) is 28.4 Å². The van der Waals surface area contributed by atoms with Gasteiger partial charge in [0.05, 0.1) is 0 Å². The molecule has 2 rings (SSSR count). The number of amides is 1. The summed E-state index contributed by atoms with van der Waals surface area (Å²) in [4.78, 5) is 29.4. The minimum absolute atomic E-state index is 0.00343. The Bertz CT molecular complexity index is 882. The van der Waals surface area contributed by atoms with Gasteiger partial charge in [-0.15, -0.1) is 0 Å². The summed E-state index contributed by atoms with van der Waals surface area (Å²) in [5, 5.41) is 0.0197. The van der Waals surface area contributed by atoms with Gasteiger partial charge in [0.25, 0.3) is 5.24 Å². The van der Waals surface area contributed by atoms with E-state index in [0.717, 1.165) is 20.9 Å². The normalized spacial score (nSPS) is 11.4. The zero-order chi connectivity index (χ0) is 21.8. The molecule has 0 radical (unpaired) electrons. The van der Waals surface area contributed by atoms with Crippen LogP contribution in [0.25, 0.3) is 0 Å². The number of hydrogen-bond donors (Lipinski definition) is 0. The van der Waals surface area contributed by atoms with Crippen LogP contribution in [0.4, 0.5) is 4.79 Å². The highest BCUT2D eigenvalue weighted by atomic mass is 32.2. The van der Waals surface area contributed by atoms with Gasteiger partial charge in [-0.05, 0) is 73.3 Å². The van der Waals surface area contributed by atoms with Crippen LogP contribution in [0.5, 0.6) is 0 Å². The maximum absolute atomic E-state index is 13.0. The highest BCUT2D eigenvalue weighted by Gasteiger charge is 2.26. The van der Waals surface area contributed by atoms with Gasteiger partial charge in [0.1, 0.15) is 0 Å².